The first-order valence-electron chi connectivity index (χ1n) is 10.9. The monoisotopic (exact) mass is 480 g/mol. The first-order valence-corrected chi connectivity index (χ1v) is 12.3. The number of carbonyl (C=O) groups is 1. The highest BCUT2D eigenvalue weighted by atomic mass is 32.2. The standard InChI is InChI=1S/C22H32N4O6S/c1-15(2)31-21-7-6-18(33(28,29)26-8-10-30-11-9-26)12-20(21)23-22(27)14-25(5)13-19-16(3)24-32-17(19)4/h6-7,12,15H,8-11,13-14H2,1-5H3,(H,23,27). The first kappa shape index (κ1) is 25.2. The smallest absolute Gasteiger partial charge is 0.243 e. The summed E-state index contributed by atoms with van der Waals surface area (Å²) < 4.78 is 43.8. The number of nitrogens with one attached hydrogen (secondary N) is 1. The zero-order valence-corrected chi connectivity index (χ0v) is 20.6. The molecule has 1 aliphatic rings. The summed E-state index contributed by atoms with van der Waals surface area (Å²) in [5.74, 6) is 0.833. The molecule has 1 N–H and O–H groups in total. The second kappa shape index (κ2) is 10.6. The van der Waals surface area contributed by atoms with Gasteiger partial charge in [-0.15, -0.1) is 0 Å². The molecule has 1 fully saturated rings. The van der Waals surface area contributed by atoms with Crippen molar-refractivity contribution in [3.63, 3.8) is 0 Å². The molecular weight excluding hydrogens is 448 g/mol. The van der Waals surface area contributed by atoms with Crippen molar-refractivity contribution in [3.05, 3.63) is 35.2 Å². The number of nitrogens with zero attached hydrogens (tertiary/aromatic N) is 3. The van der Waals surface area contributed by atoms with Gasteiger partial charge in [-0.05, 0) is 52.9 Å². The van der Waals surface area contributed by atoms with Gasteiger partial charge in [-0.2, -0.15) is 4.31 Å². The summed E-state index contributed by atoms with van der Waals surface area (Å²) >= 11 is 0. The zero-order valence-electron chi connectivity index (χ0n) is 19.8. The summed E-state index contributed by atoms with van der Waals surface area (Å²) in [5.41, 5.74) is 2.04. The van der Waals surface area contributed by atoms with Crippen LogP contribution in [0.4, 0.5) is 5.69 Å². The Morgan fingerprint density at radius 1 is 1.27 bits per heavy atom. The van der Waals surface area contributed by atoms with Gasteiger partial charge in [0.15, 0.2) is 0 Å². The molecule has 2 aromatic rings. The van der Waals surface area contributed by atoms with E-state index in [1.165, 1.54) is 16.4 Å². The molecule has 0 saturated carbocycles. The van der Waals surface area contributed by atoms with E-state index in [2.05, 4.69) is 10.5 Å². The number of aromatic nitrogens is 1. The van der Waals surface area contributed by atoms with E-state index in [9.17, 15) is 13.2 Å². The van der Waals surface area contributed by atoms with Crippen LogP contribution >= 0.6 is 0 Å². The minimum atomic E-state index is -3.71. The topological polar surface area (TPSA) is 114 Å². The van der Waals surface area contributed by atoms with Crippen LogP contribution < -0.4 is 10.1 Å². The van der Waals surface area contributed by atoms with Crippen LogP contribution in [0.15, 0.2) is 27.6 Å². The molecule has 33 heavy (non-hydrogen) atoms. The van der Waals surface area contributed by atoms with Crippen LogP contribution in [-0.4, -0.2) is 74.7 Å². The van der Waals surface area contributed by atoms with Crippen molar-refractivity contribution >= 4 is 21.6 Å². The number of carbonyl (C=O) groups excluding carboxylic acids is 1. The van der Waals surface area contributed by atoms with E-state index in [1.54, 1.807) is 6.07 Å². The number of hydrogen-bond acceptors (Lipinski definition) is 8. The summed E-state index contributed by atoms with van der Waals surface area (Å²) in [6, 6.07) is 4.53. The molecule has 0 atom stereocenters. The number of benzene rings is 1. The molecule has 11 heteroatoms. The predicted octanol–water partition coefficient (Wildman–Crippen LogP) is 2.17. The first-order chi connectivity index (χ1) is 15.6. The SMILES string of the molecule is Cc1noc(C)c1CN(C)CC(=O)Nc1cc(S(=O)(=O)N2CCOCC2)ccc1OC(C)C. The molecule has 1 aromatic carbocycles. The summed E-state index contributed by atoms with van der Waals surface area (Å²) in [7, 11) is -1.90. The predicted molar refractivity (Wildman–Crippen MR) is 123 cm³/mol. The van der Waals surface area contributed by atoms with E-state index >= 15 is 0 Å². The van der Waals surface area contributed by atoms with Gasteiger partial charge >= 0.3 is 0 Å². The summed E-state index contributed by atoms with van der Waals surface area (Å²) in [6.07, 6.45) is -0.149. The number of rotatable bonds is 9. The van der Waals surface area contributed by atoms with Gasteiger partial charge in [-0.3, -0.25) is 9.69 Å². The highest BCUT2D eigenvalue weighted by Crippen LogP contribution is 2.30. The summed E-state index contributed by atoms with van der Waals surface area (Å²) in [5, 5.41) is 6.76. The lowest BCUT2D eigenvalue weighted by Crippen LogP contribution is -2.40. The van der Waals surface area contributed by atoms with Gasteiger partial charge in [0.1, 0.15) is 11.5 Å². The van der Waals surface area contributed by atoms with Gasteiger partial charge in [-0.25, -0.2) is 8.42 Å². The number of amides is 1. The van der Waals surface area contributed by atoms with E-state index in [1.807, 2.05) is 39.6 Å². The Labute approximate surface area is 194 Å². The Hall–Kier alpha value is -2.47. The molecule has 0 radical (unpaired) electrons. The molecular formula is C22H32N4O6S. The third kappa shape index (κ3) is 6.32. The van der Waals surface area contributed by atoms with Gasteiger partial charge < -0.3 is 19.3 Å². The average Bonchev–Trinajstić information content (AvgIpc) is 3.07. The van der Waals surface area contributed by atoms with E-state index < -0.39 is 10.0 Å². The van der Waals surface area contributed by atoms with E-state index in [0.29, 0.717) is 50.0 Å². The molecule has 2 heterocycles. The molecule has 1 amide bonds. The molecule has 0 spiro atoms. The number of hydrogen-bond donors (Lipinski definition) is 1. The summed E-state index contributed by atoms with van der Waals surface area (Å²) in [6.45, 7) is 9.30. The van der Waals surface area contributed by atoms with Crippen molar-refractivity contribution in [2.45, 2.75) is 45.2 Å². The molecule has 10 nitrogen and oxygen atoms in total. The molecule has 182 valence electrons. The molecule has 0 aliphatic carbocycles. The number of anilines is 1. The van der Waals surface area contributed by atoms with Gasteiger partial charge in [-0.1, -0.05) is 5.16 Å². The van der Waals surface area contributed by atoms with E-state index in [0.717, 1.165) is 11.3 Å². The fourth-order valence-corrected chi connectivity index (χ4v) is 4.98. The second-order valence-electron chi connectivity index (χ2n) is 8.36. The number of aryl methyl sites for hydroxylation is 2. The van der Waals surface area contributed by atoms with Crippen molar-refractivity contribution in [3.8, 4) is 5.75 Å². The van der Waals surface area contributed by atoms with Crippen molar-refractivity contribution in [1.82, 2.24) is 14.4 Å². The lowest BCUT2D eigenvalue weighted by atomic mass is 10.2. The molecule has 1 aliphatic heterocycles. The quantitative estimate of drug-likeness (QED) is 0.581. The van der Waals surface area contributed by atoms with Crippen LogP contribution in [0.1, 0.15) is 30.9 Å². The molecule has 3 rings (SSSR count). The maximum atomic E-state index is 13.1. The maximum Gasteiger partial charge on any atom is 0.243 e. The fourth-order valence-electron chi connectivity index (χ4n) is 3.55. The Kier molecular flexibility index (Phi) is 8.11. The van der Waals surface area contributed by atoms with Gasteiger partial charge in [0, 0.05) is 25.2 Å². The Balaban J connectivity index is 1.77. The van der Waals surface area contributed by atoms with Crippen LogP contribution in [0.5, 0.6) is 5.75 Å². The average molecular weight is 481 g/mol. The van der Waals surface area contributed by atoms with Crippen LogP contribution in [0.2, 0.25) is 0 Å². The second-order valence-corrected chi connectivity index (χ2v) is 10.3. The van der Waals surface area contributed by atoms with Gasteiger partial charge in [0.25, 0.3) is 0 Å². The Morgan fingerprint density at radius 3 is 2.58 bits per heavy atom. The number of morpholine rings is 1. The van der Waals surface area contributed by atoms with Crippen LogP contribution in [-0.2, 0) is 26.1 Å². The van der Waals surface area contributed by atoms with E-state index in [-0.39, 0.29) is 23.5 Å². The third-order valence-electron chi connectivity index (χ3n) is 5.22. The van der Waals surface area contributed by atoms with Crippen molar-refractivity contribution in [1.29, 1.82) is 0 Å². The van der Waals surface area contributed by atoms with E-state index in [4.69, 9.17) is 14.0 Å². The Morgan fingerprint density at radius 2 is 1.97 bits per heavy atom. The van der Waals surface area contributed by atoms with Crippen molar-refractivity contribution in [2.75, 3.05) is 45.2 Å². The highest BCUT2D eigenvalue weighted by molar-refractivity contribution is 7.89. The third-order valence-corrected chi connectivity index (χ3v) is 7.11. The molecule has 0 bridgehead atoms. The Bertz CT molecular complexity index is 1060. The number of ether oxygens (including phenoxy) is 2. The van der Waals surface area contributed by atoms with Gasteiger partial charge in [0.2, 0.25) is 15.9 Å². The highest BCUT2D eigenvalue weighted by Gasteiger charge is 2.27. The number of likely N-dealkylation sites (N-methyl/N-ethyl adjacent to an activating group) is 1. The lowest BCUT2D eigenvalue weighted by Gasteiger charge is -2.26. The largest absolute Gasteiger partial charge is 0.489 e. The molecule has 1 aromatic heterocycles. The maximum absolute atomic E-state index is 13.1. The number of sulfonamides is 1. The van der Waals surface area contributed by atoms with Crippen LogP contribution in [0, 0.1) is 13.8 Å². The van der Waals surface area contributed by atoms with Crippen LogP contribution in [0.3, 0.4) is 0 Å². The molecule has 0 unspecified atom stereocenters. The van der Waals surface area contributed by atoms with Crippen molar-refractivity contribution < 1.29 is 27.2 Å². The van der Waals surface area contributed by atoms with Crippen molar-refractivity contribution in [2.24, 2.45) is 0 Å². The minimum Gasteiger partial charge on any atom is -0.489 e. The lowest BCUT2D eigenvalue weighted by molar-refractivity contribution is -0.117. The molecule has 1 saturated heterocycles. The summed E-state index contributed by atoms with van der Waals surface area (Å²) in [4.78, 5) is 14.7. The zero-order chi connectivity index (χ0) is 24.2. The normalized spacial score (nSPS) is 15.2. The fraction of sp³-hybridized carbons (Fsp3) is 0.545. The van der Waals surface area contributed by atoms with Gasteiger partial charge in [0.05, 0.1) is 42.1 Å². The van der Waals surface area contributed by atoms with Crippen LogP contribution in [0.25, 0.3) is 0 Å². The minimum absolute atomic E-state index is 0.0889.